The average Bonchev–Trinajstić information content (AvgIpc) is 3.33. The summed E-state index contributed by atoms with van der Waals surface area (Å²) in [7, 11) is 0. The van der Waals surface area contributed by atoms with Crippen LogP contribution in [0.3, 0.4) is 0 Å². The largest absolute Gasteiger partial charge is 0.459 e. The van der Waals surface area contributed by atoms with Crippen molar-refractivity contribution in [1.29, 1.82) is 0 Å². The van der Waals surface area contributed by atoms with Gasteiger partial charge in [0.15, 0.2) is 5.78 Å². The summed E-state index contributed by atoms with van der Waals surface area (Å²) in [5, 5.41) is 4.48. The predicted octanol–water partition coefficient (Wildman–Crippen LogP) is 5.78. The number of nitrogens with one attached hydrogen (secondary N) is 1. The van der Waals surface area contributed by atoms with E-state index >= 15 is 0 Å². The van der Waals surface area contributed by atoms with Crippen LogP contribution < -0.4 is 5.43 Å². The Morgan fingerprint density at radius 2 is 1.49 bits per heavy atom. The van der Waals surface area contributed by atoms with Crippen molar-refractivity contribution >= 4 is 39.3 Å². The van der Waals surface area contributed by atoms with Crippen LogP contribution in [0, 0.1) is 17.8 Å². The molecule has 7 heteroatoms. The lowest BCUT2D eigenvalue weighted by Crippen LogP contribution is -2.44. The highest BCUT2D eigenvalue weighted by Crippen LogP contribution is 2.44. The van der Waals surface area contributed by atoms with Crippen molar-refractivity contribution in [3.05, 3.63) is 94.0 Å². The SMILES string of the molecule is CC[C@H](C(=O)c1ccc(Br)cc1)[C@@H]1[C@@H](C(=O)NN=C2c3ccccc3-c3ccccc32)C(=O)OC1(C)C. The topological polar surface area (TPSA) is 84.8 Å². The summed E-state index contributed by atoms with van der Waals surface area (Å²) in [5.41, 5.74) is 6.71. The monoisotopic (exact) mass is 558 g/mol. The smallest absolute Gasteiger partial charge is 0.319 e. The molecule has 3 aromatic rings. The third-order valence-electron chi connectivity index (χ3n) is 7.33. The molecule has 5 rings (SSSR count). The van der Waals surface area contributed by atoms with E-state index in [9.17, 15) is 14.4 Å². The van der Waals surface area contributed by atoms with Gasteiger partial charge in [0.05, 0.1) is 5.71 Å². The summed E-state index contributed by atoms with van der Waals surface area (Å²) in [6.07, 6.45) is 0.457. The molecule has 37 heavy (non-hydrogen) atoms. The van der Waals surface area contributed by atoms with Gasteiger partial charge in [-0.1, -0.05) is 83.5 Å². The Balaban J connectivity index is 1.46. The maximum Gasteiger partial charge on any atom is 0.319 e. The third-order valence-corrected chi connectivity index (χ3v) is 7.86. The Morgan fingerprint density at radius 3 is 2.03 bits per heavy atom. The Morgan fingerprint density at radius 1 is 0.946 bits per heavy atom. The highest BCUT2D eigenvalue weighted by molar-refractivity contribution is 9.10. The lowest BCUT2D eigenvalue weighted by atomic mass is 9.70. The van der Waals surface area contributed by atoms with Gasteiger partial charge in [0.1, 0.15) is 11.5 Å². The number of benzene rings is 3. The number of ketones is 1. The molecule has 0 bridgehead atoms. The van der Waals surface area contributed by atoms with Crippen molar-refractivity contribution < 1.29 is 19.1 Å². The molecule has 0 saturated carbocycles. The van der Waals surface area contributed by atoms with E-state index < -0.39 is 35.2 Å². The summed E-state index contributed by atoms with van der Waals surface area (Å²) < 4.78 is 6.52. The van der Waals surface area contributed by atoms with Gasteiger partial charge in [-0.15, -0.1) is 0 Å². The lowest BCUT2D eigenvalue weighted by Gasteiger charge is -2.32. The third kappa shape index (κ3) is 4.42. The molecule has 0 radical (unpaired) electrons. The summed E-state index contributed by atoms with van der Waals surface area (Å²) >= 11 is 3.39. The van der Waals surface area contributed by atoms with Crippen LogP contribution in [-0.4, -0.2) is 29.0 Å². The lowest BCUT2D eigenvalue weighted by molar-refractivity contribution is -0.150. The van der Waals surface area contributed by atoms with E-state index in [0.29, 0.717) is 17.7 Å². The van der Waals surface area contributed by atoms with Gasteiger partial charge in [-0.2, -0.15) is 5.10 Å². The Bertz CT molecular complexity index is 1380. The number of esters is 1. The zero-order valence-corrected chi connectivity index (χ0v) is 22.4. The molecule has 2 aliphatic rings. The zero-order chi connectivity index (χ0) is 26.3. The molecule has 1 fully saturated rings. The number of carbonyl (C=O) groups is 3. The minimum atomic E-state index is -1.16. The van der Waals surface area contributed by atoms with Gasteiger partial charge in [0.2, 0.25) is 0 Å². The van der Waals surface area contributed by atoms with Gasteiger partial charge in [-0.3, -0.25) is 14.4 Å². The molecular formula is C30H27BrN2O4. The fourth-order valence-electron chi connectivity index (χ4n) is 5.65. The molecule has 1 N–H and O–H groups in total. The Kier molecular flexibility index (Phi) is 6.58. The molecule has 1 saturated heterocycles. The number of halogens is 1. The van der Waals surface area contributed by atoms with Crippen LogP contribution in [0.1, 0.15) is 48.7 Å². The van der Waals surface area contributed by atoms with Crippen LogP contribution in [0.4, 0.5) is 0 Å². The van der Waals surface area contributed by atoms with Crippen LogP contribution in [0.5, 0.6) is 0 Å². The molecule has 0 aromatic heterocycles. The predicted molar refractivity (Wildman–Crippen MR) is 145 cm³/mol. The molecule has 6 nitrogen and oxygen atoms in total. The number of rotatable bonds is 6. The number of nitrogens with zero attached hydrogens (tertiary/aromatic N) is 1. The van der Waals surface area contributed by atoms with Gasteiger partial charge >= 0.3 is 5.97 Å². The summed E-state index contributed by atoms with van der Waals surface area (Å²) in [5.74, 6) is -3.72. The molecule has 188 valence electrons. The molecular weight excluding hydrogens is 532 g/mol. The average molecular weight is 559 g/mol. The first kappa shape index (κ1) is 25.1. The van der Waals surface area contributed by atoms with Gasteiger partial charge in [-0.25, -0.2) is 5.43 Å². The van der Waals surface area contributed by atoms with Crippen LogP contribution in [-0.2, 0) is 14.3 Å². The number of cyclic esters (lactones) is 1. The molecule has 1 amide bonds. The number of ether oxygens (including phenoxy) is 1. The summed E-state index contributed by atoms with van der Waals surface area (Å²) in [4.78, 5) is 40.1. The Labute approximate surface area is 224 Å². The number of hydrogen-bond acceptors (Lipinski definition) is 5. The minimum Gasteiger partial charge on any atom is -0.459 e. The first-order chi connectivity index (χ1) is 17.7. The number of hydrogen-bond donors (Lipinski definition) is 1. The number of amides is 1. The molecule has 3 aromatic carbocycles. The van der Waals surface area contributed by atoms with Gasteiger partial charge in [0.25, 0.3) is 5.91 Å². The molecule has 1 aliphatic heterocycles. The second-order valence-electron chi connectivity index (χ2n) is 9.94. The maximum absolute atomic E-state index is 13.5. The van der Waals surface area contributed by atoms with Crippen LogP contribution in [0.25, 0.3) is 11.1 Å². The molecule has 3 atom stereocenters. The van der Waals surface area contributed by atoms with Crippen molar-refractivity contribution in [2.75, 3.05) is 0 Å². The number of fused-ring (bicyclic) bond motifs is 3. The fourth-order valence-corrected chi connectivity index (χ4v) is 5.92. The molecule has 1 heterocycles. The van der Waals surface area contributed by atoms with E-state index in [0.717, 1.165) is 26.7 Å². The van der Waals surface area contributed by atoms with Crippen LogP contribution in [0.15, 0.2) is 82.4 Å². The van der Waals surface area contributed by atoms with Gasteiger partial charge in [-0.05, 0) is 43.5 Å². The van der Waals surface area contributed by atoms with Crippen molar-refractivity contribution in [2.24, 2.45) is 22.9 Å². The first-order valence-corrected chi connectivity index (χ1v) is 13.1. The summed E-state index contributed by atoms with van der Waals surface area (Å²) in [6.45, 7) is 5.41. The standard InChI is InChI=1S/C30H27BrN2O4/c1-4-19(27(34)17-13-15-18(31)16-14-17)25-24(29(36)37-30(25,2)3)28(35)33-32-26-22-11-7-5-9-20(22)21-10-6-8-12-23(21)26/h5-16,19,24-25H,4H2,1-3H3,(H,33,35)/t19-,24-,25+/m0/s1. The van der Waals surface area contributed by atoms with Crippen LogP contribution in [0.2, 0.25) is 0 Å². The number of Topliss-reactive ketones (excluding diaryl/α,β-unsaturated/α-hetero) is 1. The van der Waals surface area contributed by atoms with Crippen LogP contribution >= 0.6 is 15.9 Å². The molecule has 1 aliphatic carbocycles. The maximum atomic E-state index is 13.5. The highest BCUT2D eigenvalue weighted by Gasteiger charge is 2.57. The molecule has 0 spiro atoms. The normalized spacial score (nSPS) is 20.0. The first-order valence-electron chi connectivity index (χ1n) is 12.3. The van der Waals surface area contributed by atoms with Crippen molar-refractivity contribution in [3.8, 4) is 11.1 Å². The molecule has 0 unspecified atom stereocenters. The fraction of sp³-hybridized carbons (Fsp3) is 0.267. The zero-order valence-electron chi connectivity index (χ0n) is 20.8. The van der Waals surface area contributed by atoms with Crippen molar-refractivity contribution in [1.82, 2.24) is 5.43 Å². The van der Waals surface area contributed by atoms with E-state index in [2.05, 4.69) is 26.5 Å². The van der Waals surface area contributed by atoms with E-state index in [1.807, 2.05) is 55.5 Å². The quantitative estimate of drug-likeness (QED) is 0.141. The number of carbonyl (C=O) groups excluding carboxylic acids is 3. The second kappa shape index (κ2) is 9.71. The van der Waals surface area contributed by atoms with E-state index in [1.165, 1.54) is 0 Å². The minimum absolute atomic E-state index is 0.117. The Hall–Kier alpha value is -3.58. The summed E-state index contributed by atoms with van der Waals surface area (Å²) in [6, 6.07) is 22.8. The van der Waals surface area contributed by atoms with E-state index in [-0.39, 0.29) is 5.78 Å². The highest BCUT2D eigenvalue weighted by atomic mass is 79.9. The van der Waals surface area contributed by atoms with Gasteiger partial charge < -0.3 is 4.74 Å². The van der Waals surface area contributed by atoms with Crippen molar-refractivity contribution in [2.45, 2.75) is 32.8 Å². The van der Waals surface area contributed by atoms with E-state index in [4.69, 9.17) is 4.74 Å². The van der Waals surface area contributed by atoms with E-state index in [1.54, 1.807) is 38.1 Å². The van der Waals surface area contributed by atoms with Gasteiger partial charge in [0, 0.05) is 33.0 Å². The number of hydrazone groups is 1. The van der Waals surface area contributed by atoms with Crippen molar-refractivity contribution in [3.63, 3.8) is 0 Å². The second-order valence-corrected chi connectivity index (χ2v) is 10.9.